The van der Waals surface area contributed by atoms with Crippen LogP contribution in [0, 0.1) is 0 Å². The van der Waals surface area contributed by atoms with Gasteiger partial charge < -0.3 is 4.74 Å². The van der Waals surface area contributed by atoms with Crippen LogP contribution < -0.4 is 4.74 Å². The third kappa shape index (κ3) is 2.89. The molecule has 0 saturated carbocycles. The summed E-state index contributed by atoms with van der Waals surface area (Å²) in [5, 5.41) is 8.11. The normalized spacial score (nSPS) is 20.8. The summed E-state index contributed by atoms with van der Waals surface area (Å²) in [5.41, 5.74) is 1.06. The number of nitrogens with one attached hydrogen (secondary N) is 1. The van der Waals surface area contributed by atoms with Crippen LogP contribution in [0.1, 0.15) is 26.2 Å². The molecular weight excluding hydrogens is 238 g/mol. The molecule has 0 amide bonds. The zero-order valence-corrected chi connectivity index (χ0v) is 11.4. The molecule has 1 fully saturated rings. The van der Waals surface area contributed by atoms with E-state index in [4.69, 9.17) is 4.74 Å². The fourth-order valence-electron chi connectivity index (χ4n) is 2.82. The van der Waals surface area contributed by atoms with E-state index in [1.807, 2.05) is 18.3 Å². The average Bonchev–Trinajstić information content (AvgIpc) is 2.87. The van der Waals surface area contributed by atoms with Crippen LogP contribution in [0.5, 0.6) is 5.75 Å². The van der Waals surface area contributed by atoms with Crippen molar-refractivity contribution in [2.75, 3.05) is 19.6 Å². The molecule has 102 valence electrons. The summed E-state index contributed by atoms with van der Waals surface area (Å²) in [6, 6.07) is 6.13. The highest BCUT2D eigenvalue weighted by Gasteiger charge is 2.20. The van der Waals surface area contributed by atoms with Gasteiger partial charge in [0, 0.05) is 11.9 Å². The van der Waals surface area contributed by atoms with Crippen LogP contribution in [-0.4, -0.2) is 40.8 Å². The van der Waals surface area contributed by atoms with E-state index in [1.165, 1.54) is 25.9 Å². The first-order valence-corrected chi connectivity index (χ1v) is 7.17. The third-order valence-corrected chi connectivity index (χ3v) is 3.72. The van der Waals surface area contributed by atoms with Gasteiger partial charge in [-0.3, -0.25) is 10.00 Å². The van der Waals surface area contributed by atoms with Gasteiger partial charge in [-0.15, -0.1) is 0 Å². The molecule has 1 aromatic heterocycles. The first-order chi connectivity index (χ1) is 9.35. The molecule has 0 spiro atoms. The number of ether oxygens (including phenoxy) is 1. The Morgan fingerprint density at radius 3 is 3.32 bits per heavy atom. The van der Waals surface area contributed by atoms with Crippen LogP contribution in [0.4, 0.5) is 0 Å². The largest absolute Gasteiger partial charge is 0.489 e. The molecule has 2 heterocycles. The van der Waals surface area contributed by atoms with E-state index in [1.54, 1.807) is 0 Å². The number of hydrogen-bond acceptors (Lipinski definition) is 3. The molecule has 1 atom stereocenters. The second kappa shape index (κ2) is 5.61. The van der Waals surface area contributed by atoms with E-state index in [9.17, 15) is 0 Å². The molecule has 1 unspecified atom stereocenters. The van der Waals surface area contributed by atoms with Crippen molar-refractivity contribution in [2.45, 2.75) is 32.3 Å². The summed E-state index contributed by atoms with van der Waals surface area (Å²) >= 11 is 0. The van der Waals surface area contributed by atoms with E-state index in [0.29, 0.717) is 6.10 Å². The zero-order chi connectivity index (χ0) is 13.1. The Hall–Kier alpha value is -1.55. The maximum Gasteiger partial charge on any atom is 0.120 e. The molecule has 1 aliphatic rings. The summed E-state index contributed by atoms with van der Waals surface area (Å²) in [6.07, 6.45) is 5.77. The smallest absolute Gasteiger partial charge is 0.120 e. The maximum atomic E-state index is 6.13. The predicted molar refractivity (Wildman–Crippen MR) is 76.5 cm³/mol. The molecule has 0 radical (unpaired) electrons. The van der Waals surface area contributed by atoms with Crippen molar-refractivity contribution >= 4 is 10.9 Å². The summed E-state index contributed by atoms with van der Waals surface area (Å²) < 4.78 is 6.13. The monoisotopic (exact) mass is 259 g/mol. The Bertz CT molecular complexity index is 535. The number of rotatable bonds is 4. The van der Waals surface area contributed by atoms with Gasteiger partial charge in [-0.2, -0.15) is 5.10 Å². The molecule has 0 aliphatic carbocycles. The molecule has 0 bridgehead atoms. The van der Waals surface area contributed by atoms with Crippen molar-refractivity contribution in [3.8, 4) is 5.75 Å². The zero-order valence-electron chi connectivity index (χ0n) is 11.4. The summed E-state index contributed by atoms with van der Waals surface area (Å²) in [4.78, 5) is 2.50. The summed E-state index contributed by atoms with van der Waals surface area (Å²) in [7, 11) is 0. The van der Waals surface area contributed by atoms with Crippen molar-refractivity contribution in [3.05, 3.63) is 24.4 Å². The molecule has 2 aromatic rings. The Morgan fingerprint density at radius 2 is 2.42 bits per heavy atom. The minimum absolute atomic E-state index is 0.324. The van der Waals surface area contributed by atoms with E-state index in [-0.39, 0.29) is 0 Å². The first-order valence-electron chi connectivity index (χ1n) is 7.17. The second-order valence-corrected chi connectivity index (χ2v) is 5.30. The maximum absolute atomic E-state index is 6.13. The SMILES string of the molecule is CCCN1CCCC(Oc2ccc3[nH]ncc3c2)C1. The highest BCUT2D eigenvalue weighted by atomic mass is 16.5. The summed E-state index contributed by atoms with van der Waals surface area (Å²) in [6.45, 7) is 5.68. The lowest BCUT2D eigenvalue weighted by Crippen LogP contribution is -2.41. The van der Waals surface area contributed by atoms with Gasteiger partial charge in [0.2, 0.25) is 0 Å². The van der Waals surface area contributed by atoms with Gasteiger partial charge in [0.25, 0.3) is 0 Å². The van der Waals surface area contributed by atoms with Gasteiger partial charge in [-0.1, -0.05) is 6.92 Å². The molecule has 1 aromatic carbocycles. The number of benzene rings is 1. The number of H-pyrrole nitrogens is 1. The van der Waals surface area contributed by atoms with Crippen molar-refractivity contribution in [2.24, 2.45) is 0 Å². The van der Waals surface area contributed by atoms with Gasteiger partial charge in [0.05, 0.1) is 11.7 Å². The van der Waals surface area contributed by atoms with Gasteiger partial charge in [0.15, 0.2) is 0 Å². The van der Waals surface area contributed by atoms with Crippen LogP contribution in [0.15, 0.2) is 24.4 Å². The van der Waals surface area contributed by atoms with Crippen LogP contribution in [0.25, 0.3) is 10.9 Å². The van der Waals surface area contributed by atoms with Crippen LogP contribution in [-0.2, 0) is 0 Å². The Labute approximate surface area is 113 Å². The van der Waals surface area contributed by atoms with Gasteiger partial charge >= 0.3 is 0 Å². The fourth-order valence-corrected chi connectivity index (χ4v) is 2.82. The summed E-state index contributed by atoms with van der Waals surface area (Å²) in [5.74, 6) is 0.956. The lowest BCUT2D eigenvalue weighted by molar-refractivity contribution is 0.0888. The van der Waals surface area contributed by atoms with Crippen LogP contribution in [0.2, 0.25) is 0 Å². The molecule has 1 saturated heterocycles. The quantitative estimate of drug-likeness (QED) is 0.918. The molecule has 1 aliphatic heterocycles. The van der Waals surface area contributed by atoms with Crippen LogP contribution in [0.3, 0.4) is 0 Å². The van der Waals surface area contributed by atoms with E-state index in [2.05, 4.69) is 28.1 Å². The number of fused-ring (bicyclic) bond motifs is 1. The van der Waals surface area contributed by atoms with Crippen LogP contribution >= 0.6 is 0 Å². The highest BCUT2D eigenvalue weighted by Crippen LogP contribution is 2.22. The highest BCUT2D eigenvalue weighted by molar-refractivity contribution is 5.79. The first kappa shape index (κ1) is 12.5. The topological polar surface area (TPSA) is 41.1 Å². The number of likely N-dealkylation sites (tertiary alicyclic amines) is 1. The molecule has 3 rings (SSSR count). The Balaban J connectivity index is 1.66. The number of aromatic nitrogens is 2. The second-order valence-electron chi connectivity index (χ2n) is 5.30. The van der Waals surface area contributed by atoms with Crippen molar-refractivity contribution in [3.63, 3.8) is 0 Å². The predicted octanol–water partition coefficient (Wildman–Crippen LogP) is 2.82. The standard InChI is InChI=1S/C15H21N3O/c1-2-7-18-8-3-4-14(11-18)19-13-5-6-15-12(9-13)10-16-17-15/h5-6,9-10,14H,2-4,7-8,11H2,1H3,(H,16,17). The van der Waals surface area contributed by atoms with Crippen molar-refractivity contribution in [1.82, 2.24) is 15.1 Å². The third-order valence-electron chi connectivity index (χ3n) is 3.72. The Kier molecular flexibility index (Phi) is 3.69. The minimum atomic E-state index is 0.324. The Morgan fingerprint density at radius 1 is 1.47 bits per heavy atom. The lowest BCUT2D eigenvalue weighted by atomic mass is 10.1. The number of hydrogen-bond donors (Lipinski definition) is 1. The molecule has 19 heavy (non-hydrogen) atoms. The lowest BCUT2D eigenvalue weighted by Gasteiger charge is -2.32. The fraction of sp³-hybridized carbons (Fsp3) is 0.533. The van der Waals surface area contributed by atoms with Crippen molar-refractivity contribution in [1.29, 1.82) is 0 Å². The van der Waals surface area contributed by atoms with E-state index < -0.39 is 0 Å². The number of piperidine rings is 1. The van der Waals surface area contributed by atoms with E-state index >= 15 is 0 Å². The number of nitrogens with zero attached hydrogens (tertiary/aromatic N) is 2. The van der Waals surface area contributed by atoms with Gasteiger partial charge in [-0.05, 0) is 50.6 Å². The molecular formula is C15H21N3O. The van der Waals surface area contributed by atoms with Gasteiger partial charge in [-0.25, -0.2) is 0 Å². The molecule has 4 heteroatoms. The molecule has 4 nitrogen and oxygen atoms in total. The van der Waals surface area contributed by atoms with Gasteiger partial charge in [0.1, 0.15) is 11.9 Å². The average molecular weight is 259 g/mol. The van der Waals surface area contributed by atoms with Crippen molar-refractivity contribution < 1.29 is 4.74 Å². The molecule has 1 N–H and O–H groups in total. The number of aromatic amines is 1. The van der Waals surface area contributed by atoms with E-state index in [0.717, 1.165) is 29.6 Å². The minimum Gasteiger partial charge on any atom is -0.489 e.